The first-order chi connectivity index (χ1) is 9.02. The largest absolute Gasteiger partial charge is 0.496 e. The summed E-state index contributed by atoms with van der Waals surface area (Å²) < 4.78 is 7.11. The Morgan fingerprint density at radius 1 is 1.05 bits per heavy atom. The topological polar surface area (TPSA) is 29.5 Å². The maximum atomic E-state index is 10.6. The highest BCUT2D eigenvalue weighted by Crippen LogP contribution is 2.35. The average Bonchev–Trinajstić information content (AvgIpc) is 2.38. The van der Waals surface area contributed by atoms with Crippen LogP contribution >= 0.6 is 31.9 Å². The molecule has 0 aromatic heterocycles. The molecule has 2 aromatic rings. The maximum Gasteiger partial charge on any atom is 0.125 e. The lowest BCUT2D eigenvalue weighted by Gasteiger charge is -2.17. The monoisotopic (exact) mass is 384 g/mol. The SMILES string of the molecule is COc1ccc(Br)cc1C(O)c1ccc(C)cc1Br. The maximum absolute atomic E-state index is 10.6. The van der Waals surface area contributed by atoms with E-state index in [1.165, 1.54) is 0 Å². The number of methoxy groups -OCH3 is 1. The van der Waals surface area contributed by atoms with Crippen molar-refractivity contribution < 1.29 is 9.84 Å². The number of aryl methyl sites for hydroxylation is 1. The van der Waals surface area contributed by atoms with Crippen molar-refractivity contribution in [3.05, 3.63) is 62.0 Å². The zero-order valence-electron chi connectivity index (χ0n) is 10.7. The molecule has 100 valence electrons. The van der Waals surface area contributed by atoms with Gasteiger partial charge in [0.15, 0.2) is 0 Å². The summed E-state index contributed by atoms with van der Waals surface area (Å²) >= 11 is 6.92. The molecule has 0 fully saturated rings. The Bertz CT molecular complexity index is 597. The molecule has 0 bridgehead atoms. The van der Waals surface area contributed by atoms with Crippen molar-refractivity contribution in [2.75, 3.05) is 7.11 Å². The third-order valence-corrected chi connectivity index (χ3v) is 4.12. The van der Waals surface area contributed by atoms with Crippen LogP contribution in [0.1, 0.15) is 22.8 Å². The van der Waals surface area contributed by atoms with Crippen molar-refractivity contribution in [1.29, 1.82) is 0 Å². The molecule has 1 unspecified atom stereocenters. The van der Waals surface area contributed by atoms with Crippen molar-refractivity contribution in [2.24, 2.45) is 0 Å². The van der Waals surface area contributed by atoms with E-state index in [1.807, 2.05) is 43.3 Å². The molecule has 0 aliphatic rings. The van der Waals surface area contributed by atoms with E-state index in [0.717, 1.165) is 25.6 Å². The fourth-order valence-electron chi connectivity index (χ4n) is 1.94. The lowest BCUT2D eigenvalue weighted by atomic mass is 10.00. The van der Waals surface area contributed by atoms with Crippen LogP contribution in [0.2, 0.25) is 0 Å². The first-order valence-electron chi connectivity index (χ1n) is 5.80. The van der Waals surface area contributed by atoms with E-state index in [2.05, 4.69) is 31.9 Å². The van der Waals surface area contributed by atoms with Gasteiger partial charge in [0.25, 0.3) is 0 Å². The highest BCUT2D eigenvalue weighted by atomic mass is 79.9. The molecule has 2 rings (SSSR count). The minimum atomic E-state index is -0.734. The van der Waals surface area contributed by atoms with Gasteiger partial charge in [-0.2, -0.15) is 0 Å². The number of halogens is 2. The molecule has 1 N–H and O–H groups in total. The molecule has 0 saturated heterocycles. The van der Waals surface area contributed by atoms with E-state index < -0.39 is 6.10 Å². The van der Waals surface area contributed by atoms with Gasteiger partial charge in [0.1, 0.15) is 11.9 Å². The standard InChI is InChI=1S/C15H14Br2O2/c1-9-3-5-11(13(17)7-9)15(18)12-8-10(16)4-6-14(12)19-2/h3-8,15,18H,1-2H3. The zero-order chi connectivity index (χ0) is 14.0. The predicted octanol–water partition coefficient (Wildman–Crippen LogP) is 4.61. The van der Waals surface area contributed by atoms with Crippen LogP contribution in [0.3, 0.4) is 0 Å². The number of hydrogen-bond acceptors (Lipinski definition) is 2. The summed E-state index contributed by atoms with van der Waals surface area (Å²) in [5.74, 6) is 0.670. The molecule has 2 nitrogen and oxygen atoms in total. The van der Waals surface area contributed by atoms with E-state index in [4.69, 9.17) is 4.74 Å². The fraction of sp³-hybridized carbons (Fsp3) is 0.200. The Labute approximate surface area is 129 Å². The Kier molecular flexibility index (Phi) is 4.66. The van der Waals surface area contributed by atoms with Crippen LogP contribution in [-0.4, -0.2) is 12.2 Å². The second kappa shape index (κ2) is 6.07. The van der Waals surface area contributed by atoms with Crippen molar-refractivity contribution in [3.8, 4) is 5.75 Å². The van der Waals surface area contributed by atoms with E-state index in [-0.39, 0.29) is 0 Å². The van der Waals surface area contributed by atoms with Crippen LogP contribution in [0.4, 0.5) is 0 Å². The second-order valence-electron chi connectivity index (χ2n) is 4.31. The summed E-state index contributed by atoms with van der Waals surface area (Å²) in [5, 5.41) is 10.6. The van der Waals surface area contributed by atoms with Crippen molar-refractivity contribution in [2.45, 2.75) is 13.0 Å². The third-order valence-electron chi connectivity index (χ3n) is 2.94. The molecule has 0 heterocycles. The van der Waals surface area contributed by atoms with Gasteiger partial charge in [-0.05, 0) is 42.3 Å². The Morgan fingerprint density at radius 3 is 2.42 bits per heavy atom. The van der Waals surface area contributed by atoms with Crippen LogP contribution in [0.15, 0.2) is 45.3 Å². The summed E-state index contributed by atoms with van der Waals surface area (Å²) in [7, 11) is 1.60. The van der Waals surface area contributed by atoms with Crippen molar-refractivity contribution in [3.63, 3.8) is 0 Å². The first kappa shape index (κ1) is 14.6. The summed E-state index contributed by atoms with van der Waals surface area (Å²) in [4.78, 5) is 0. The fourth-order valence-corrected chi connectivity index (χ4v) is 3.03. The predicted molar refractivity (Wildman–Crippen MR) is 83.6 cm³/mol. The minimum Gasteiger partial charge on any atom is -0.496 e. The molecule has 19 heavy (non-hydrogen) atoms. The van der Waals surface area contributed by atoms with E-state index in [9.17, 15) is 5.11 Å². The molecular weight excluding hydrogens is 372 g/mol. The van der Waals surface area contributed by atoms with Gasteiger partial charge in [-0.25, -0.2) is 0 Å². The number of aliphatic hydroxyl groups is 1. The van der Waals surface area contributed by atoms with Crippen molar-refractivity contribution in [1.82, 2.24) is 0 Å². The number of ether oxygens (including phenoxy) is 1. The lowest BCUT2D eigenvalue weighted by Crippen LogP contribution is -2.03. The molecule has 1 atom stereocenters. The quantitative estimate of drug-likeness (QED) is 0.835. The molecule has 4 heteroatoms. The van der Waals surface area contributed by atoms with Crippen LogP contribution in [0.5, 0.6) is 5.75 Å². The molecule has 0 saturated carbocycles. The normalized spacial score (nSPS) is 12.3. The Balaban J connectivity index is 2.49. The van der Waals surface area contributed by atoms with Crippen LogP contribution in [-0.2, 0) is 0 Å². The van der Waals surface area contributed by atoms with E-state index >= 15 is 0 Å². The van der Waals surface area contributed by atoms with Gasteiger partial charge in [0.05, 0.1) is 7.11 Å². The minimum absolute atomic E-state index is 0.670. The highest BCUT2D eigenvalue weighted by molar-refractivity contribution is 9.10. The van der Waals surface area contributed by atoms with Gasteiger partial charge < -0.3 is 9.84 Å². The third kappa shape index (κ3) is 3.19. The van der Waals surface area contributed by atoms with Crippen LogP contribution in [0, 0.1) is 6.92 Å². The number of rotatable bonds is 3. The smallest absolute Gasteiger partial charge is 0.125 e. The number of benzene rings is 2. The molecular formula is C15H14Br2O2. The lowest BCUT2D eigenvalue weighted by molar-refractivity contribution is 0.214. The van der Waals surface area contributed by atoms with Gasteiger partial charge in [-0.1, -0.05) is 44.0 Å². The van der Waals surface area contributed by atoms with Crippen LogP contribution in [0.25, 0.3) is 0 Å². The summed E-state index contributed by atoms with van der Waals surface area (Å²) in [6, 6.07) is 11.5. The molecule has 0 aliphatic heterocycles. The molecule has 2 aromatic carbocycles. The average molecular weight is 386 g/mol. The Hall–Kier alpha value is -0.840. The molecule has 0 radical (unpaired) electrons. The van der Waals surface area contributed by atoms with Gasteiger partial charge in [-0.3, -0.25) is 0 Å². The second-order valence-corrected chi connectivity index (χ2v) is 6.08. The number of aliphatic hydroxyl groups excluding tert-OH is 1. The van der Waals surface area contributed by atoms with Crippen molar-refractivity contribution >= 4 is 31.9 Å². The molecule has 0 aliphatic carbocycles. The van der Waals surface area contributed by atoms with Gasteiger partial charge >= 0.3 is 0 Å². The zero-order valence-corrected chi connectivity index (χ0v) is 13.8. The summed E-state index contributed by atoms with van der Waals surface area (Å²) in [6.07, 6.45) is -0.734. The van der Waals surface area contributed by atoms with Crippen LogP contribution < -0.4 is 4.74 Å². The molecule has 0 amide bonds. The summed E-state index contributed by atoms with van der Waals surface area (Å²) in [6.45, 7) is 2.01. The number of hydrogen-bond donors (Lipinski definition) is 1. The van der Waals surface area contributed by atoms with Gasteiger partial charge in [0.2, 0.25) is 0 Å². The van der Waals surface area contributed by atoms with Gasteiger partial charge in [-0.15, -0.1) is 0 Å². The highest BCUT2D eigenvalue weighted by Gasteiger charge is 2.18. The Morgan fingerprint density at radius 2 is 1.79 bits per heavy atom. The van der Waals surface area contributed by atoms with Gasteiger partial charge in [0, 0.05) is 14.5 Å². The first-order valence-corrected chi connectivity index (χ1v) is 7.39. The molecule has 0 spiro atoms. The summed E-state index contributed by atoms with van der Waals surface area (Å²) in [5.41, 5.74) is 2.70. The van der Waals surface area contributed by atoms with E-state index in [1.54, 1.807) is 7.11 Å². The van der Waals surface area contributed by atoms with E-state index in [0.29, 0.717) is 5.75 Å².